The Morgan fingerprint density at radius 1 is 1.03 bits per heavy atom. The van der Waals surface area contributed by atoms with Crippen LogP contribution in [-0.4, -0.2) is 41.3 Å². The molecule has 36 heavy (non-hydrogen) atoms. The van der Waals surface area contributed by atoms with Crippen molar-refractivity contribution in [1.29, 1.82) is 0 Å². The van der Waals surface area contributed by atoms with Crippen LogP contribution in [0.2, 0.25) is 0 Å². The summed E-state index contributed by atoms with van der Waals surface area (Å²) in [6, 6.07) is 17.3. The van der Waals surface area contributed by atoms with Crippen LogP contribution in [0, 0.1) is 13.8 Å². The minimum atomic E-state index is -1.17. The number of hydrogen-bond donors (Lipinski definition) is 1. The lowest BCUT2D eigenvalue weighted by molar-refractivity contribution is -0.144. The van der Waals surface area contributed by atoms with E-state index in [-0.39, 0.29) is 13.0 Å². The number of hydrazine groups is 1. The molecular weight excluding hydrogens is 458 g/mol. The molecule has 3 aromatic rings. The lowest BCUT2D eigenvalue weighted by Crippen LogP contribution is -2.55. The van der Waals surface area contributed by atoms with Crippen molar-refractivity contribution in [3.8, 4) is 5.75 Å². The number of nitrogens with one attached hydrogen (secondary N) is 1. The van der Waals surface area contributed by atoms with Crippen LogP contribution in [-0.2, 0) is 19.2 Å². The summed E-state index contributed by atoms with van der Waals surface area (Å²) in [4.78, 5) is 52.6. The molecule has 1 saturated heterocycles. The van der Waals surface area contributed by atoms with Gasteiger partial charge in [-0.25, -0.2) is 9.91 Å². The van der Waals surface area contributed by atoms with E-state index < -0.39 is 29.7 Å². The monoisotopic (exact) mass is 485 g/mol. The van der Waals surface area contributed by atoms with Crippen molar-refractivity contribution in [2.45, 2.75) is 33.2 Å². The van der Waals surface area contributed by atoms with Crippen molar-refractivity contribution in [3.05, 3.63) is 83.9 Å². The molecule has 184 valence electrons. The van der Waals surface area contributed by atoms with E-state index in [0.717, 1.165) is 31.8 Å². The minimum absolute atomic E-state index is 0.249. The van der Waals surface area contributed by atoms with Gasteiger partial charge in [-0.3, -0.25) is 24.6 Å². The number of allylic oxidation sites excluding steroid dienone is 1. The smallest absolute Gasteiger partial charge is 0.276 e. The molecule has 0 radical (unpaired) electrons. The van der Waals surface area contributed by atoms with Gasteiger partial charge in [0.05, 0.1) is 12.1 Å². The number of hydrogen-bond acceptors (Lipinski definition) is 5. The third-order valence-corrected chi connectivity index (χ3v) is 6.07. The standard InChI is InChI=1S/C28H27N3O5/c1-4-7-26(33)31(24-16-27(34)30(28(24)35)22-12-10-18(2)19(3)14-22)29-25(32)17-36-23-13-11-20-8-5-6-9-21(20)15-23/h4-15,24H,16-17H2,1-3H3,(H,29,32). The Morgan fingerprint density at radius 2 is 1.78 bits per heavy atom. The summed E-state index contributed by atoms with van der Waals surface area (Å²) in [5.74, 6) is -1.80. The predicted octanol–water partition coefficient (Wildman–Crippen LogP) is 3.60. The summed E-state index contributed by atoms with van der Waals surface area (Å²) in [5, 5.41) is 2.91. The van der Waals surface area contributed by atoms with Gasteiger partial charge in [-0.15, -0.1) is 0 Å². The first-order valence-corrected chi connectivity index (χ1v) is 11.6. The van der Waals surface area contributed by atoms with E-state index >= 15 is 0 Å². The summed E-state index contributed by atoms with van der Waals surface area (Å²) in [6.45, 7) is 5.08. The average molecular weight is 486 g/mol. The van der Waals surface area contributed by atoms with Crippen molar-refractivity contribution < 1.29 is 23.9 Å². The number of amides is 4. The maximum Gasteiger partial charge on any atom is 0.276 e. The van der Waals surface area contributed by atoms with Crippen molar-refractivity contribution in [1.82, 2.24) is 10.4 Å². The van der Waals surface area contributed by atoms with E-state index in [1.54, 1.807) is 25.1 Å². The van der Waals surface area contributed by atoms with Crippen LogP contribution >= 0.6 is 0 Å². The number of rotatable bonds is 6. The number of fused-ring (bicyclic) bond motifs is 1. The number of imide groups is 1. The second-order valence-electron chi connectivity index (χ2n) is 8.60. The summed E-state index contributed by atoms with van der Waals surface area (Å²) in [6.07, 6.45) is 2.47. The molecule has 8 heteroatoms. The minimum Gasteiger partial charge on any atom is -0.484 e. The summed E-state index contributed by atoms with van der Waals surface area (Å²) < 4.78 is 5.61. The molecule has 0 spiro atoms. The molecule has 1 heterocycles. The van der Waals surface area contributed by atoms with Gasteiger partial charge >= 0.3 is 0 Å². The third kappa shape index (κ3) is 5.12. The van der Waals surface area contributed by atoms with Gasteiger partial charge in [-0.1, -0.05) is 42.5 Å². The molecule has 1 aliphatic heterocycles. The molecule has 1 aliphatic rings. The van der Waals surface area contributed by atoms with E-state index in [0.29, 0.717) is 11.4 Å². The number of benzene rings is 3. The Bertz CT molecular complexity index is 1380. The topological polar surface area (TPSA) is 96.0 Å². The number of aryl methyl sites for hydroxylation is 2. The quantitative estimate of drug-likeness (QED) is 0.327. The Kier molecular flexibility index (Phi) is 7.15. The molecule has 0 aliphatic carbocycles. The summed E-state index contributed by atoms with van der Waals surface area (Å²) in [7, 11) is 0. The highest BCUT2D eigenvalue weighted by molar-refractivity contribution is 6.23. The van der Waals surface area contributed by atoms with Gasteiger partial charge in [0.2, 0.25) is 5.91 Å². The van der Waals surface area contributed by atoms with E-state index in [4.69, 9.17) is 4.74 Å². The third-order valence-electron chi connectivity index (χ3n) is 6.07. The zero-order chi connectivity index (χ0) is 25.8. The van der Waals surface area contributed by atoms with Gasteiger partial charge in [-0.2, -0.15) is 0 Å². The zero-order valence-corrected chi connectivity index (χ0v) is 20.4. The van der Waals surface area contributed by atoms with Crippen LogP contribution in [0.4, 0.5) is 5.69 Å². The Hall–Kier alpha value is -4.46. The molecule has 0 bridgehead atoms. The van der Waals surface area contributed by atoms with Gasteiger partial charge < -0.3 is 4.74 Å². The van der Waals surface area contributed by atoms with Crippen LogP contribution in [0.5, 0.6) is 5.75 Å². The molecule has 0 aromatic heterocycles. The number of nitrogens with zero attached hydrogens (tertiary/aromatic N) is 2. The molecule has 0 saturated carbocycles. The molecule has 4 rings (SSSR count). The SMILES string of the molecule is CC=CC(=O)N(NC(=O)COc1ccc2ccccc2c1)C1CC(=O)N(c2ccc(C)c(C)c2)C1=O. The first-order valence-electron chi connectivity index (χ1n) is 11.6. The van der Waals surface area contributed by atoms with Crippen molar-refractivity contribution in [2.75, 3.05) is 11.5 Å². The molecule has 8 nitrogen and oxygen atoms in total. The molecule has 1 atom stereocenters. The van der Waals surface area contributed by atoms with Crippen molar-refractivity contribution in [3.63, 3.8) is 0 Å². The molecule has 1 unspecified atom stereocenters. The van der Waals surface area contributed by atoms with Crippen LogP contribution in [0.15, 0.2) is 72.8 Å². The van der Waals surface area contributed by atoms with Crippen LogP contribution in [0.25, 0.3) is 10.8 Å². The largest absolute Gasteiger partial charge is 0.484 e. The second kappa shape index (κ2) is 10.4. The molecule has 1 fully saturated rings. The summed E-state index contributed by atoms with van der Waals surface area (Å²) >= 11 is 0. The predicted molar refractivity (Wildman–Crippen MR) is 136 cm³/mol. The molecular formula is C28H27N3O5. The fourth-order valence-corrected chi connectivity index (χ4v) is 4.04. The zero-order valence-electron chi connectivity index (χ0n) is 20.4. The van der Waals surface area contributed by atoms with Crippen molar-refractivity contribution >= 4 is 40.1 Å². The lowest BCUT2D eigenvalue weighted by Gasteiger charge is -2.27. The highest BCUT2D eigenvalue weighted by Crippen LogP contribution is 2.27. The number of ether oxygens (including phenoxy) is 1. The Balaban J connectivity index is 1.49. The Labute approximate surface area is 209 Å². The molecule has 4 amide bonds. The fraction of sp³-hybridized carbons (Fsp3) is 0.214. The normalized spacial score (nSPS) is 15.5. The molecule has 1 N–H and O–H groups in total. The van der Waals surface area contributed by atoms with Crippen LogP contribution in [0.1, 0.15) is 24.5 Å². The van der Waals surface area contributed by atoms with Gasteiger partial charge in [-0.05, 0) is 66.9 Å². The van der Waals surface area contributed by atoms with E-state index in [1.165, 1.54) is 12.2 Å². The second-order valence-corrected chi connectivity index (χ2v) is 8.60. The van der Waals surface area contributed by atoms with E-state index in [2.05, 4.69) is 5.43 Å². The lowest BCUT2D eigenvalue weighted by atomic mass is 10.1. The van der Waals surface area contributed by atoms with Crippen LogP contribution < -0.4 is 15.1 Å². The van der Waals surface area contributed by atoms with Gasteiger partial charge in [0.1, 0.15) is 11.8 Å². The maximum absolute atomic E-state index is 13.3. The number of anilines is 1. The van der Waals surface area contributed by atoms with Gasteiger partial charge in [0.25, 0.3) is 17.7 Å². The van der Waals surface area contributed by atoms with E-state index in [9.17, 15) is 19.2 Å². The number of carbonyl (C=O) groups is 4. The number of carbonyl (C=O) groups excluding carboxylic acids is 4. The highest BCUT2D eigenvalue weighted by atomic mass is 16.5. The van der Waals surface area contributed by atoms with E-state index in [1.807, 2.05) is 56.3 Å². The first kappa shape index (κ1) is 24.7. The average Bonchev–Trinajstić information content (AvgIpc) is 3.16. The maximum atomic E-state index is 13.3. The van der Waals surface area contributed by atoms with Crippen molar-refractivity contribution in [2.24, 2.45) is 0 Å². The fourth-order valence-electron chi connectivity index (χ4n) is 4.04. The first-order chi connectivity index (χ1) is 17.3. The Morgan fingerprint density at radius 3 is 2.50 bits per heavy atom. The van der Waals surface area contributed by atoms with Crippen LogP contribution in [0.3, 0.4) is 0 Å². The van der Waals surface area contributed by atoms with Gasteiger partial charge in [0, 0.05) is 6.08 Å². The summed E-state index contributed by atoms with van der Waals surface area (Å²) in [5.41, 5.74) is 4.85. The highest BCUT2D eigenvalue weighted by Gasteiger charge is 2.45. The molecule has 3 aromatic carbocycles. The van der Waals surface area contributed by atoms with Gasteiger partial charge in [0.15, 0.2) is 6.61 Å².